The van der Waals surface area contributed by atoms with Crippen molar-refractivity contribution in [1.29, 1.82) is 0 Å². The predicted octanol–water partition coefficient (Wildman–Crippen LogP) is 13.6. The van der Waals surface area contributed by atoms with E-state index >= 15 is 0 Å². The van der Waals surface area contributed by atoms with Crippen LogP contribution in [-0.2, 0) is 0 Å². The quantitative estimate of drug-likeness (QED) is 0.178. The standard InChI is InChI=1S/C42H23NS3/c1-5-16-32-29(11-1)36-37-30-12-3-7-18-34(30)45-41(37)38-31-13-4-8-19-35(31)46-42(38)39(36)43(32)25-22-20-24(21-23-25)26-14-9-15-28-27-10-2-6-17-33(27)44-40(26)28/h1-23H. The van der Waals surface area contributed by atoms with E-state index in [2.05, 4.69) is 144 Å². The number of para-hydroxylation sites is 1. The Labute approximate surface area is 275 Å². The van der Waals surface area contributed by atoms with Crippen molar-refractivity contribution in [2.24, 2.45) is 0 Å². The summed E-state index contributed by atoms with van der Waals surface area (Å²) in [7, 11) is 0. The second-order valence-electron chi connectivity index (χ2n) is 12.0. The molecule has 214 valence electrons. The lowest BCUT2D eigenvalue weighted by molar-refractivity contribution is 1.19. The Hall–Kier alpha value is -5.00. The molecule has 1 nitrogen and oxygen atoms in total. The average molecular weight is 638 g/mol. The molecular weight excluding hydrogens is 615 g/mol. The molecule has 0 N–H and O–H groups in total. The molecule has 0 atom stereocenters. The van der Waals surface area contributed by atoms with E-state index in [9.17, 15) is 0 Å². The lowest BCUT2D eigenvalue weighted by Gasteiger charge is -2.11. The van der Waals surface area contributed by atoms with Crippen LogP contribution in [0.3, 0.4) is 0 Å². The number of rotatable bonds is 2. The molecule has 7 aromatic carbocycles. The van der Waals surface area contributed by atoms with Crippen molar-refractivity contribution in [1.82, 2.24) is 4.57 Å². The van der Waals surface area contributed by atoms with Gasteiger partial charge in [0.05, 0.1) is 15.7 Å². The van der Waals surface area contributed by atoms with Crippen LogP contribution in [0.4, 0.5) is 0 Å². The van der Waals surface area contributed by atoms with Crippen molar-refractivity contribution in [2.45, 2.75) is 0 Å². The summed E-state index contributed by atoms with van der Waals surface area (Å²) in [5.74, 6) is 0. The first-order valence-corrected chi connectivity index (χ1v) is 18.0. The molecule has 0 unspecified atom stereocenters. The molecule has 0 saturated carbocycles. The molecule has 0 spiro atoms. The number of hydrogen-bond donors (Lipinski definition) is 0. The molecule has 0 saturated heterocycles. The minimum absolute atomic E-state index is 1.19. The van der Waals surface area contributed by atoms with Gasteiger partial charge in [0.15, 0.2) is 0 Å². The SMILES string of the molecule is c1ccc2c(c1)sc1c(-c3ccc(-n4c5ccccc5c5c6c7ccccc7sc6c6c7ccccc7sc6c54)cc3)cccc12. The minimum Gasteiger partial charge on any atom is -0.308 e. The molecule has 0 aliphatic carbocycles. The fraction of sp³-hybridized carbons (Fsp3) is 0. The van der Waals surface area contributed by atoms with E-state index in [1.807, 2.05) is 34.0 Å². The van der Waals surface area contributed by atoms with Crippen molar-refractivity contribution >= 4 is 116 Å². The van der Waals surface area contributed by atoms with Gasteiger partial charge in [-0.05, 0) is 47.5 Å². The molecule has 0 bridgehead atoms. The summed E-state index contributed by atoms with van der Waals surface area (Å²) >= 11 is 5.76. The second-order valence-corrected chi connectivity index (χ2v) is 15.2. The first-order valence-electron chi connectivity index (χ1n) is 15.5. The Bertz CT molecular complexity index is 3020. The van der Waals surface area contributed by atoms with Crippen LogP contribution >= 0.6 is 34.0 Å². The number of hydrogen-bond acceptors (Lipinski definition) is 3. The average Bonchev–Trinajstić information content (AvgIpc) is 3.87. The van der Waals surface area contributed by atoms with Crippen LogP contribution in [0.1, 0.15) is 0 Å². The summed E-state index contributed by atoms with van der Waals surface area (Å²) in [4.78, 5) is 0. The molecule has 0 fully saturated rings. The van der Waals surface area contributed by atoms with Crippen LogP contribution < -0.4 is 0 Å². The van der Waals surface area contributed by atoms with E-state index in [-0.39, 0.29) is 0 Å². The fourth-order valence-electron chi connectivity index (χ4n) is 7.65. The molecule has 11 aromatic rings. The number of thiophene rings is 3. The van der Waals surface area contributed by atoms with Gasteiger partial charge in [-0.15, -0.1) is 34.0 Å². The predicted molar refractivity (Wildman–Crippen MR) is 205 cm³/mol. The smallest absolute Gasteiger partial charge is 0.0727 e. The van der Waals surface area contributed by atoms with Crippen molar-refractivity contribution in [3.05, 3.63) is 140 Å². The van der Waals surface area contributed by atoms with Crippen molar-refractivity contribution in [3.8, 4) is 16.8 Å². The van der Waals surface area contributed by atoms with Crippen LogP contribution in [0.15, 0.2) is 140 Å². The zero-order valence-electron chi connectivity index (χ0n) is 24.5. The van der Waals surface area contributed by atoms with E-state index in [1.165, 1.54) is 99.1 Å². The summed E-state index contributed by atoms with van der Waals surface area (Å²) in [6, 6.07) is 51.6. The number of nitrogens with zero attached hydrogens (tertiary/aromatic N) is 1. The maximum atomic E-state index is 2.53. The molecule has 0 radical (unpaired) electrons. The Morgan fingerprint density at radius 2 is 0.935 bits per heavy atom. The first-order chi connectivity index (χ1) is 22.8. The molecule has 11 rings (SSSR count). The lowest BCUT2D eigenvalue weighted by atomic mass is 10.0. The molecule has 0 aliphatic rings. The van der Waals surface area contributed by atoms with Gasteiger partial charge in [0.25, 0.3) is 0 Å². The third-order valence-electron chi connectivity index (χ3n) is 9.60. The van der Waals surface area contributed by atoms with Crippen molar-refractivity contribution in [2.75, 3.05) is 0 Å². The zero-order valence-corrected chi connectivity index (χ0v) is 26.9. The van der Waals surface area contributed by atoms with Gasteiger partial charge in [-0.1, -0.05) is 103 Å². The topological polar surface area (TPSA) is 4.93 Å². The van der Waals surface area contributed by atoms with Gasteiger partial charge in [-0.2, -0.15) is 0 Å². The van der Waals surface area contributed by atoms with Gasteiger partial charge in [-0.3, -0.25) is 0 Å². The number of fused-ring (bicyclic) bond motifs is 15. The summed E-state index contributed by atoms with van der Waals surface area (Å²) in [6.07, 6.45) is 0. The molecule has 4 aromatic heterocycles. The Balaban J connectivity index is 1.25. The third-order valence-corrected chi connectivity index (χ3v) is 13.2. The molecule has 46 heavy (non-hydrogen) atoms. The number of aromatic nitrogens is 1. The molecule has 4 heterocycles. The Morgan fingerprint density at radius 3 is 1.70 bits per heavy atom. The fourth-order valence-corrected chi connectivity index (χ4v) is 11.5. The van der Waals surface area contributed by atoms with E-state index in [4.69, 9.17) is 0 Å². The van der Waals surface area contributed by atoms with Gasteiger partial charge in [-0.25, -0.2) is 0 Å². The highest BCUT2D eigenvalue weighted by Gasteiger charge is 2.24. The van der Waals surface area contributed by atoms with Crippen molar-refractivity contribution in [3.63, 3.8) is 0 Å². The van der Waals surface area contributed by atoms with Crippen LogP contribution in [0.5, 0.6) is 0 Å². The van der Waals surface area contributed by atoms with E-state index in [1.54, 1.807) is 0 Å². The maximum Gasteiger partial charge on any atom is 0.0727 e. The lowest BCUT2D eigenvalue weighted by Crippen LogP contribution is -1.94. The van der Waals surface area contributed by atoms with Gasteiger partial charge in [0, 0.05) is 72.3 Å². The molecule has 0 aliphatic heterocycles. The summed E-state index contributed by atoms with van der Waals surface area (Å²) < 4.78 is 10.7. The first kappa shape index (κ1) is 25.2. The molecular formula is C42H23NS3. The van der Waals surface area contributed by atoms with Gasteiger partial charge in [0.2, 0.25) is 0 Å². The minimum atomic E-state index is 1.19. The largest absolute Gasteiger partial charge is 0.308 e. The maximum absolute atomic E-state index is 2.53. The third kappa shape index (κ3) is 3.28. The number of benzene rings is 7. The van der Waals surface area contributed by atoms with Crippen LogP contribution in [-0.4, -0.2) is 4.57 Å². The Kier molecular flexibility index (Phi) is 5.08. The van der Waals surface area contributed by atoms with Gasteiger partial charge < -0.3 is 4.57 Å². The van der Waals surface area contributed by atoms with Crippen LogP contribution in [0, 0.1) is 0 Å². The van der Waals surface area contributed by atoms with Crippen molar-refractivity contribution < 1.29 is 0 Å². The highest BCUT2D eigenvalue weighted by atomic mass is 32.1. The van der Waals surface area contributed by atoms with Gasteiger partial charge >= 0.3 is 0 Å². The summed E-state index contributed by atoms with van der Waals surface area (Å²) in [5, 5.41) is 10.8. The van der Waals surface area contributed by atoms with E-state index in [0.717, 1.165) is 0 Å². The normalized spacial score (nSPS) is 12.3. The second kappa shape index (κ2) is 9.27. The summed E-state index contributed by atoms with van der Waals surface area (Å²) in [5.41, 5.74) is 6.30. The highest BCUT2D eigenvalue weighted by molar-refractivity contribution is 7.30. The molecule has 0 amide bonds. The van der Waals surface area contributed by atoms with E-state index in [0.29, 0.717) is 0 Å². The van der Waals surface area contributed by atoms with Crippen LogP contribution in [0.2, 0.25) is 0 Å². The summed E-state index contributed by atoms with van der Waals surface area (Å²) in [6.45, 7) is 0. The van der Waals surface area contributed by atoms with E-state index < -0.39 is 0 Å². The highest BCUT2D eigenvalue weighted by Crippen LogP contribution is 2.52. The van der Waals surface area contributed by atoms with Gasteiger partial charge in [0.1, 0.15) is 0 Å². The molecule has 4 heteroatoms. The monoisotopic (exact) mass is 637 g/mol. The Morgan fingerprint density at radius 1 is 0.370 bits per heavy atom. The van der Waals surface area contributed by atoms with Crippen LogP contribution in [0.25, 0.3) is 99.1 Å². The zero-order chi connectivity index (χ0) is 29.9.